The van der Waals surface area contributed by atoms with Crippen molar-refractivity contribution in [1.29, 1.82) is 0 Å². The predicted molar refractivity (Wildman–Crippen MR) is 58.0 cm³/mol. The molecular formula is C11H19F2NO3. The van der Waals surface area contributed by atoms with E-state index in [1.54, 1.807) is 20.8 Å². The minimum absolute atomic E-state index is 0.0505. The number of alkyl halides is 2. The first-order valence-corrected chi connectivity index (χ1v) is 5.50. The second-order valence-electron chi connectivity index (χ2n) is 5.24. The summed E-state index contributed by atoms with van der Waals surface area (Å²) < 4.78 is 35.7. The van der Waals surface area contributed by atoms with Crippen molar-refractivity contribution in [3.8, 4) is 0 Å². The van der Waals surface area contributed by atoms with Crippen LogP contribution < -0.4 is 5.32 Å². The fourth-order valence-electron chi connectivity index (χ4n) is 1.74. The summed E-state index contributed by atoms with van der Waals surface area (Å²) >= 11 is 0. The Bertz CT molecular complexity index is 291. The zero-order valence-electron chi connectivity index (χ0n) is 10.5. The Balaban J connectivity index is 2.64. The van der Waals surface area contributed by atoms with E-state index in [0.717, 1.165) is 0 Å². The maximum Gasteiger partial charge on any atom is 0.323 e. The molecule has 0 amide bonds. The summed E-state index contributed by atoms with van der Waals surface area (Å²) in [5.41, 5.74) is -2.20. The highest BCUT2D eigenvalue weighted by atomic mass is 19.3. The third-order valence-corrected chi connectivity index (χ3v) is 2.69. The smallest absolute Gasteiger partial charge is 0.323 e. The van der Waals surface area contributed by atoms with E-state index in [0.29, 0.717) is 0 Å². The standard InChI is InChI=1S/C11H19F2NO3/c1-10(2,3)17-8(15)7-5-11(16-4,6-14-7)9(12)13/h7,9,14H,5-6H2,1-4H3/t7-,11-/m0/s1. The number of nitrogens with one attached hydrogen (secondary N) is 1. The van der Waals surface area contributed by atoms with Crippen LogP contribution in [0.3, 0.4) is 0 Å². The van der Waals surface area contributed by atoms with E-state index < -0.39 is 29.6 Å². The summed E-state index contributed by atoms with van der Waals surface area (Å²) in [4.78, 5) is 11.7. The number of ether oxygens (including phenoxy) is 2. The van der Waals surface area contributed by atoms with Crippen molar-refractivity contribution in [2.24, 2.45) is 0 Å². The number of hydrogen-bond donors (Lipinski definition) is 1. The van der Waals surface area contributed by atoms with Crippen molar-refractivity contribution in [3.05, 3.63) is 0 Å². The van der Waals surface area contributed by atoms with E-state index in [-0.39, 0.29) is 13.0 Å². The molecule has 0 aromatic carbocycles. The van der Waals surface area contributed by atoms with Crippen LogP contribution in [0.25, 0.3) is 0 Å². The molecule has 0 aliphatic carbocycles. The van der Waals surface area contributed by atoms with Crippen molar-refractivity contribution >= 4 is 5.97 Å². The summed E-state index contributed by atoms with van der Waals surface area (Å²) in [6.45, 7) is 5.15. The Kier molecular flexibility index (Phi) is 4.09. The Labute approximate surface area is 99.7 Å². The fourth-order valence-corrected chi connectivity index (χ4v) is 1.74. The van der Waals surface area contributed by atoms with Gasteiger partial charge >= 0.3 is 5.97 Å². The first-order valence-electron chi connectivity index (χ1n) is 5.50. The van der Waals surface area contributed by atoms with Crippen LogP contribution in [0.15, 0.2) is 0 Å². The molecular weight excluding hydrogens is 232 g/mol. The van der Waals surface area contributed by atoms with Crippen LogP contribution in [0.2, 0.25) is 0 Å². The molecule has 0 aromatic heterocycles. The van der Waals surface area contributed by atoms with Gasteiger partial charge in [0.1, 0.15) is 17.2 Å². The second-order valence-corrected chi connectivity index (χ2v) is 5.24. The number of hydrogen-bond acceptors (Lipinski definition) is 4. The van der Waals surface area contributed by atoms with Crippen LogP contribution in [-0.2, 0) is 14.3 Å². The Morgan fingerprint density at radius 3 is 2.41 bits per heavy atom. The minimum atomic E-state index is -2.63. The number of esters is 1. The summed E-state index contributed by atoms with van der Waals surface area (Å²) in [6, 6.07) is -0.733. The van der Waals surface area contributed by atoms with Crippen LogP contribution in [0, 0.1) is 0 Å². The van der Waals surface area contributed by atoms with Crippen molar-refractivity contribution in [3.63, 3.8) is 0 Å². The van der Waals surface area contributed by atoms with Crippen molar-refractivity contribution in [2.45, 2.75) is 50.9 Å². The molecule has 1 saturated heterocycles. The second kappa shape index (κ2) is 4.86. The van der Waals surface area contributed by atoms with Gasteiger partial charge in [0.2, 0.25) is 0 Å². The third-order valence-electron chi connectivity index (χ3n) is 2.69. The minimum Gasteiger partial charge on any atom is -0.459 e. The van der Waals surface area contributed by atoms with Crippen molar-refractivity contribution in [2.75, 3.05) is 13.7 Å². The van der Waals surface area contributed by atoms with Gasteiger partial charge in [-0.05, 0) is 20.8 Å². The Morgan fingerprint density at radius 1 is 1.47 bits per heavy atom. The van der Waals surface area contributed by atoms with E-state index in [1.165, 1.54) is 7.11 Å². The number of rotatable bonds is 3. The molecule has 1 N–H and O–H groups in total. The monoisotopic (exact) mass is 251 g/mol. The molecule has 0 aromatic rings. The van der Waals surface area contributed by atoms with Crippen molar-refractivity contribution in [1.82, 2.24) is 5.32 Å². The van der Waals surface area contributed by atoms with E-state index in [2.05, 4.69) is 5.32 Å². The summed E-state index contributed by atoms with van der Waals surface area (Å²) in [7, 11) is 1.23. The van der Waals surface area contributed by atoms with E-state index >= 15 is 0 Å². The third kappa shape index (κ3) is 3.35. The molecule has 0 radical (unpaired) electrons. The van der Waals surface area contributed by atoms with Gasteiger partial charge in [0, 0.05) is 20.1 Å². The Morgan fingerprint density at radius 2 is 2.06 bits per heavy atom. The van der Waals surface area contributed by atoms with Gasteiger partial charge in [0.15, 0.2) is 0 Å². The molecule has 1 rings (SSSR count). The van der Waals surface area contributed by atoms with Crippen LogP contribution in [0.5, 0.6) is 0 Å². The molecule has 0 bridgehead atoms. The number of methoxy groups -OCH3 is 1. The zero-order valence-corrected chi connectivity index (χ0v) is 10.5. The molecule has 1 aliphatic rings. The van der Waals surface area contributed by atoms with Gasteiger partial charge in [-0.3, -0.25) is 4.79 Å². The highest BCUT2D eigenvalue weighted by Gasteiger charge is 2.49. The van der Waals surface area contributed by atoms with E-state index in [9.17, 15) is 13.6 Å². The summed E-state index contributed by atoms with van der Waals surface area (Å²) in [5.74, 6) is -0.517. The van der Waals surface area contributed by atoms with Gasteiger partial charge in [-0.15, -0.1) is 0 Å². The molecule has 0 spiro atoms. The van der Waals surface area contributed by atoms with Gasteiger partial charge in [0.05, 0.1) is 0 Å². The molecule has 0 saturated carbocycles. The molecule has 17 heavy (non-hydrogen) atoms. The van der Waals surface area contributed by atoms with Crippen LogP contribution in [0.4, 0.5) is 8.78 Å². The fraction of sp³-hybridized carbons (Fsp3) is 0.909. The number of carbonyl (C=O) groups excluding carboxylic acids is 1. The molecule has 4 nitrogen and oxygen atoms in total. The van der Waals surface area contributed by atoms with Crippen LogP contribution >= 0.6 is 0 Å². The first-order chi connectivity index (χ1) is 7.70. The summed E-state index contributed by atoms with van der Waals surface area (Å²) in [6.07, 6.45) is -2.71. The topological polar surface area (TPSA) is 47.6 Å². The maximum absolute atomic E-state index is 12.9. The molecule has 2 atom stereocenters. The SMILES string of the molecule is CO[C@]1(C(F)F)CN[C@H](C(=O)OC(C)(C)C)C1. The molecule has 1 aliphatic heterocycles. The average Bonchev–Trinajstić information content (AvgIpc) is 2.60. The van der Waals surface area contributed by atoms with E-state index in [1.807, 2.05) is 0 Å². The molecule has 0 unspecified atom stereocenters. The summed E-state index contributed by atoms with van der Waals surface area (Å²) in [5, 5.41) is 2.72. The number of carbonyl (C=O) groups is 1. The van der Waals surface area contributed by atoms with Gasteiger partial charge in [-0.2, -0.15) is 0 Å². The predicted octanol–water partition coefficient (Wildman–Crippen LogP) is 1.34. The lowest BCUT2D eigenvalue weighted by Crippen LogP contribution is -2.41. The van der Waals surface area contributed by atoms with Crippen molar-refractivity contribution < 1.29 is 23.0 Å². The highest BCUT2D eigenvalue weighted by Crippen LogP contribution is 2.30. The highest BCUT2D eigenvalue weighted by molar-refractivity contribution is 5.76. The lowest BCUT2D eigenvalue weighted by Gasteiger charge is -2.26. The van der Waals surface area contributed by atoms with E-state index in [4.69, 9.17) is 9.47 Å². The molecule has 1 heterocycles. The first kappa shape index (κ1) is 14.3. The molecule has 1 fully saturated rings. The van der Waals surface area contributed by atoms with Crippen LogP contribution in [-0.4, -0.2) is 43.3 Å². The van der Waals surface area contributed by atoms with Gasteiger partial charge in [-0.25, -0.2) is 8.78 Å². The lowest BCUT2D eigenvalue weighted by atomic mass is 10.0. The maximum atomic E-state index is 12.9. The zero-order chi connectivity index (χ0) is 13.3. The Hall–Kier alpha value is -0.750. The van der Waals surface area contributed by atoms with Gasteiger partial charge < -0.3 is 14.8 Å². The quantitative estimate of drug-likeness (QED) is 0.769. The van der Waals surface area contributed by atoms with Crippen LogP contribution in [0.1, 0.15) is 27.2 Å². The molecule has 100 valence electrons. The van der Waals surface area contributed by atoms with Gasteiger partial charge in [-0.1, -0.05) is 0 Å². The largest absolute Gasteiger partial charge is 0.459 e. The van der Waals surface area contributed by atoms with Gasteiger partial charge in [0.25, 0.3) is 6.43 Å². The average molecular weight is 251 g/mol. The number of halogens is 2. The lowest BCUT2D eigenvalue weighted by molar-refractivity contribution is -0.158. The normalized spacial score (nSPS) is 29.7. The molecule has 6 heteroatoms.